The third-order valence-corrected chi connectivity index (χ3v) is 5.99. The van der Waals surface area contributed by atoms with Crippen molar-refractivity contribution in [3.8, 4) is 16.9 Å². The number of amides is 1. The third-order valence-electron chi connectivity index (χ3n) is 5.74. The maximum atomic E-state index is 12.2. The van der Waals surface area contributed by atoms with Crippen LogP contribution in [-0.2, 0) is 6.54 Å². The van der Waals surface area contributed by atoms with E-state index in [1.54, 1.807) is 13.2 Å². The number of aromatic nitrogens is 1. The van der Waals surface area contributed by atoms with E-state index in [9.17, 15) is 4.79 Å². The van der Waals surface area contributed by atoms with Gasteiger partial charge < -0.3 is 15.0 Å². The molecule has 1 amide bonds. The van der Waals surface area contributed by atoms with Crippen LogP contribution in [0.3, 0.4) is 0 Å². The predicted molar refractivity (Wildman–Crippen MR) is 129 cm³/mol. The van der Waals surface area contributed by atoms with Gasteiger partial charge in [-0.3, -0.25) is 4.79 Å². The molecule has 0 atom stereocenters. The first-order valence-corrected chi connectivity index (χ1v) is 10.6. The van der Waals surface area contributed by atoms with Crippen molar-refractivity contribution in [3.05, 3.63) is 101 Å². The van der Waals surface area contributed by atoms with Gasteiger partial charge >= 0.3 is 0 Å². The molecular formula is C27H20ClN2O2. The molecular weight excluding hydrogens is 420 g/mol. The molecule has 0 aliphatic carbocycles. The second-order valence-electron chi connectivity index (χ2n) is 7.65. The average molecular weight is 440 g/mol. The summed E-state index contributed by atoms with van der Waals surface area (Å²) in [6.07, 6.45) is 0. The minimum atomic E-state index is -0.450. The largest absolute Gasteiger partial charge is 0.497 e. The molecule has 0 saturated heterocycles. The highest BCUT2D eigenvalue weighted by atomic mass is 35.5. The summed E-state index contributed by atoms with van der Waals surface area (Å²) >= 11 is 6.08. The Morgan fingerprint density at radius 3 is 2.44 bits per heavy atom. The lowest BCUT2D eigenvalue weighted by Gasteiger charge is -2.10. The van der Waals surface area contributed by atoms with Crippen molar-refractivity contribution in [1.29, 1.82) is 0 Å². The first-order valence-electron chi connectivity index (χ1n) is 10.2. The zero-order valence-electron chi connectivity index (χ0n) is 17.4. The van der Waals surface area contributed by atoms with Crippen LogP contribution >= 0.6 is 11.6 Å². The molecule has 1 radical (unpaired) electrons. The minimum Gasteiger partial charge on any atom is -0.497 e. The fourth-order valence-corrected chi connectivity index (χ4v) is 4.28. The number of carbonyl (C=O) groups excluding carboxylic acids is 1. The van der Waals surface area contributed by atoms with Gasteiger partial charge in [0.1, 0.15) is 5.75 Å². The minimum absolute atomic E-state index is 0.450. The van der Waals surface area contributed by atoms with E-state index in [1.807, 2.05) is 66.7 Å². The van der Waals surface area contributed by atoms with Crippen LogP contribution in [0, 0.1) is 6.07 Å². The van der Waals surface area contributed by atoms with E-state index >= 15 is 0 Å². The maximum absolute atomic E-state index is 12.2. The Labute approximate surface area is 190 Å². The number of methoxy groups -OCH3 is 1. The van der Waals surface area contributed by atoms with E-state index in [0.717, 1.165) is 44.2 Å². The van der Waals surface area contributed by atoms with Crippen LogP contribution in [0.25, 0.3) is 32.9 Å². The second-order valence-corrected chi connectivity index (χ2v) is 8.09. The highest BCUT2D eigenvalue weighted by Crippen LogP contribution is 2.35. The van der Waals surface area contributed by atoms with Gasteiger partial charge in [-0.1, -0.05) is 41.9 Å². The fourth-order valence-electron chi connectivity index (χ4n) is 4.15. The molecule has 0 unspecified atom stereocenters. The molecule has 5 aromatic rings. The van der Waals surface area contributed by atoms with Gasteiger partial charge in [-0.25, -0.2) is 0 Å². The number of hydrogen-bond acceptors (Lipinski definition) is 2. The van der Waals surface area contributed by atoms with Crippen LogP contribution in [0.15, 0.2) is 78.9 Å². The monoisotopic (exact) mass is 439 g/mol. The van der Waals surface area contributed by atoms with Gasteiger partial charge in [0.05, 0.1) is 18.1 Å². The van der Waals surface area contributed by atoms with Gasteiger partial charge in [0.15, 0.2) is 0 Å². The number of nitrogens with zero attached hydrogens (tertiary/aromatic N) is 1. The molecule has 32 heavy (non-hydrogen) atoms. The first-order chi connectivity index (χ1) is 15.5. The van der Waals surface area contributed by atoms with Crippen molar-refractivity contribution in [3.63, 3.8) is 0 Å². The number of carbonyl (C=O) groups is 1. The van der Waals surface area contributed by atoms with Gasteiger partial charge in [-0.15, -0.1) is 0 Å². The molecule has 5 rings (SSSR count). The third kappa shape index (κ3) is 3.49. The van der Waals surface area contributed by atoms with Crippen LogP contribution < -0.4 is 10.5 Å². The van der Waals surface area contributed by atoms with Crippen molar-refractivity contribution in [2.75, 3.05) is 7.11 Å². The highest BCUT2D eigenvalue weighted by molar-refractivity contribution is 6.30. The lowest BCUT2D eigenvalue weighted by molar-refractivity contribution is 0.100. The molecule has 1 aromatic heterocycles. The molecule has 0 saturated carbocycles. The molecule has 0 aliphatic heterocycles. The van der Waals surface area contributed by atoms with Gasteiger partial charge in [0.25, 0.3) is 0 Å². The summed E-state index contributed by atoms with van der Waals surface area (Å²) in [5.41, 5.74) is 11.3. The average Bonchev–Trinajstić information content (AvgIpc) is 3.13. The maximum Gasteiger partial charge on any atom is 0.249 e. The fraction of sp³-hybridized carbons (Fsp3) is 0.0741. The summed E-state index contributed by atoms with van der Waals surface area (Å²) in [6.45, 7) is 0.624. The Bertz CT molecular complexity index is 1450. The van der Waals surface area contributed by atoms with E-state index < -0.39 is 5.91 Å². The van der Waals surface area contributed by atoms with Crippen LogP contribution in [0.1, 0.15) is 15.9 Å². The molecule has 157 valence electrons. The second kappa shape index (κ2) is 8.06. The number of primary amides is 1. The van der Waals surface area contributed by atoms with E-state index in [2.05, 4.69) is 16.7 Å². The van der Waals surface area contributed by atoms with E-state index in [0.29, 0.717) is 17.1 Å². The van der Waals surface area contributed by atoms with Crippen molar-refractivity contribution in [1.82, 2.24) is 4.57 Å². The number of fused-ring (bicyclic) bond motifs is 3. The number of nitrogens with two attached hydrogens (primary N) is 1. The number of halogens is 1. The molecule has 0 aliphatic rings. The summed E-state index contributed by atoms with van der Waals surface area (Å²) in [5, 5.41) is 2.40. The zero-order chi connectivity index (χ0) is 22.2. The smallest absolute Gasteiger partial charge is 0.249 e. The Hall–Kier alpha value is -3.76. The van der Waals surface area contributed by atoms with E-state index in [4.69, 9.17) is 22.1 Å². The summed E-state index contributed by atoms with van der Waals surface area (Å²) in [5.74, 6) is 0.357. The Kier molecular flexibility index (Phi) is 5.08. The predicted octanol–water partition coefficient (Wildman–Crippen LogP) is 6.07. The Morgan fingerprint density at radius 2 is 1.75 bits per heavy atom. The topological polar surface area (TPSA) is 57.2 Å². The van der Waals surface area contributed by atoms with Crippen LogP contribution in [0.2, 0.25) is 5.02 Å². The van der Waals surface area contributed by atoms with Crippen LogP contribution in [-0.4, -0.2) is 17.6 Å². The molecule has 0 bridgehead atoms. The summed E-state index contributed by atoms with van der Waals surface area (Å²) < 4.78 is 7.48. The Morgan fingerprint density at radius 1 is 1.00 bits per heavy atom. The van der Waals surface area contributed by atoms with Gasteiger partial charge in [-0.05, 0) is 71.3 Å². The van der Waals surface area contributed by atoms with Crippen LogP contribution in [0.4, 0.5) is 0 Å². The lowest BCUT2D eigenvalue weighted by atomic mass is 10.0. The summed E-state index contributed by atoms with van der Waals surface area (Å²) in [4.78, 5) is 12.2. The summed E-state index contributed by atoms with van der Waals surface area (Å²) in [7, 11) is 1.65. The molecule has 4 nitrogen and oxygen atoms in total. The molecule has 0 fully saturated rings. The molecule has 2 N–H and O–H groups in total. The molecule has 1 heterocycles. The number of benzene rings is 4. The number of rotatable bonds is 5. The van der Waals surface area contributed by atoms with Gasteiger partial charge in [0, 0.05) is 27.9 Å². The van der Waals surface area contributed by atoms with Crippen molar-refractivity contribution in [2.24, 2.45) is 5.73 Å². The van der Waals surface area contributed by atoms with Crippen molar-refractivity contribution < 1.29 is 9.53 Å². The molecule has 0 spiro atoms. The van der Waals surface area contributed by atoms with Crippen molar-refractivity contribution >= 4 is 39.3 Å². The summed E-state index contributed by atoms with van der Waals surface area (Å²) in [6, 6.07) is 28.9. The number of hydrogen-bond donors (Lipinski definition) is 1. The highest BCUT2D eigenvalue weighted by Gasteiger charge is 2.17. The molecule has 4 aromatic carbocycles. The van der Waals surface area contributed by atoms with E-state index in [1.165, 1.54) is 0 Å². The van der Waals surface area contributed by atoms with Gasteiger partial charge in [-0.2, -0.15) is 0 Å². The van der Waals surface area contributed by atoms with Crippen LogP contribution in [0.5, 0.6) is 5.75 Å². The first kappa shape index (κ1) is 20.2. The lowest BCUT2D eigenvalue weighted by Crippen LogP contribution is -2.11. The van der Waals surface area contributed by atoms with Gasteiger partial charge in [0.2, 0.25) is 5.91 Å². The molecule has 5 heteroatoms. The SMILES string of the molecule is COc1ccc(-c2c[c]c3c4c(C(N)=O)cccc4n(Cc4ccc(Cl)cc4)c3c2)cc1. The standard InChI is InChI=1S/C27H20ClN2O2/c1-32-21-12-7-18(8-13-21)19-9-14-22-25(15-19)30(16-17-5-10-20(28)11-6-17)24-4-2-3-23(26(22)24)27(29)31/h2-13,15H,16H2,1H3,(H2,29,31). The number of ether oxygens (including phenoxy) is 1. The zero-order valence-corrected chi connectivity index (χ0v) is 18.2. The quantitative estimate of drug-likeness (QED) is 0.361. The van der Waals surface area contributed by atoms with Crippen molar-refractivity contribution in [2.45, 2.75) is 6.54 Å². The Balaban J connectivity index is 1.75. The normalized spacial score (nSPS) is 11.2. The van der Waals surface area contributed by atoms with E-state index in [-0.39, 0.29) is 0 Å².